The number of nitrogens with one attached hydrogen (secondary N) is 1. The zero-order valence-electron chi connectivity index (χ0n) is 16.4. The normalized spacial score (nSPS) is 12.5. The molecule has 5 nitrogen and oxygen atoms in total. The van der Waals surface area contributed by atoms with Crippen LogP contribution in [0.2, 0.25) is 15.1 Å². The van der Waals surface area contributed by atoms with Crippen LogP contribution in [0.5, 0.6) is 0 Å². The van der Waals surface area contributed by atoms with E-state index in [1.54, 1.807) is 53.3 Å². The molecular formula is C21H14Cl3F3N2O3S. The van der Waals surface area contributed by atoms with Gasteiger partial charge in [-0.25, -0.2) is 0 Å². The maximum atomic E-state index is 13.0. The van der Waals surface area contributed by atoms with Crippen LogP contribution >= 0.6 is 34.8 Å². The van der Waals surface area contributed by atoms with Crippen LogP contribution in [0.1, 0.15) is 16.7 Å². The van der Waals surface area contributed by atoms with Gasteiger partial charge in [0.2, 0.25) is 0 Å². The molecule has 1 N–H and O–H groups in total. The minimum absolute atomic E-state index is 0.0288. The Labute approximate surface area is 202 Å². The highest BCUT2D eigenvalue weighted by molar-refractivity contribution is 7.93. The van der Waals surface area contributed by atoms with Crippen molar-refractivity contribution < 1.29 is 26.4 Å². The average Bonchev–Trinajstić information content (AvgIpc) is 2.74. The van der Waals surface area contributed by atoms with Crippen molar-refractivity contribution in [1.29, 1.82) is 0 Å². The van der Waals surface area contributed by atoms with Gasteiger partial charge in [-0.1, -0.05) is 76.4 Å². The summed E-state index contributed by atoms with van der Waals surface area (Å²) in [5, 5.41) is 4.86. The second-order valence-corrected chi connectivity index (χ2v) is 9.45. The monoisotopic (exact) mass is 536 g/mol. The first-order chi connectivity index (χ1) is 15.5. The summed E-state index contributed by atoms with van der Waals surface area (Å²) in [6.45, 7) is -0.154. The van der Waals surface area contributed by atoms with Crippen molar-refractivity contribution in [3.63, 3.8) is 0 Å². The van der Waals surface area contributed by atoms with E-state index in [1.807, 2.05) is 0 Å². The van der Waals surface area contributed by atoms with Crippen LogP contribution in [0.4, 0.5) is 18.9 Å². The topological polar surface area (TPSA) is 67.8 Å². The van der Waals surface area contributed by atoms with Gasteiger partial charge < -0.3 is 4.84 Å². The Morgan fingerprint density at radius 2 is 1.58 bits per heavy atom. The van der Waals surface area contributed by atoms with E-state index >= 15 is 0 Å². The molecule has 174 valence electrons. The molecule has 33 heavy (non-hydrogen) atoms. The van der Waals surface area contributed by atoms with E-state index in [0.717, 1.165) is 6.07 Å². The summed E-state index contributed by atoms with van der Waals surface area (Å²) in [6.07, 6.45) is 0. The molecule has 3 rings (SSSR count). The zero-order valence-corrected chi connectivity index (χ0v) is 19.5. The number of sulfonamides is 1. The molecule has 0 aliphatic heterocycles. The summed E-state index contributed by atoms with van der Waals surface area (Å²) >= 11 is 18.3. The van der Waals surface area contributed by atoms with E-state index in [2.05, 4.69) is 5.16 Å². The smallest absolute Gasteiger partial charge is 0.390 e. The summed E-state index contributed by atoms with van der Waals surface area (Å²) in [5.74, 6) is 0. The van der Waals surface area contributed by atoms with Crippen molar-refractivity contribution in [3.05, 3.63) is 98.5 Å². The van der Waals surface area contributed by atoms with Crippen LogP contribution < -0.4 is 4.72 Å². The Morgan fingerprint density at radius 3 is 2.18 bits per heavy atom. The van der Waals surface area contributed by atoms with Gasteiger partial charge in [-0.05, 0) is 30.3 Å². The van der Waals surface area contributed by atoms with Gasteiger partial charge in [0, 0.05) is 31.8 Å². The number of nitrogens with zero attached hydrogens (tertiary/aromatic N) is 1. The van der Waals surface area contributed by atoms with Crippen molar-refractivity contribution in [2.45, 2.75) is 12.1 Å². The molecule has 0 bridgehead atoms. The van der Waals surface area contributed by atoms with E-state index in [-0.39, 0.29) is 22.9 Å². The van der Waals surface area contributed by atoms with Crippen molar-refractivity contribution in [3.8, 4) is 0 Å². The summed E-state index contributed by atoms with van der Waals surface area (Å²) in [5.41, 5.74) is -5.05. The van der Waals surface area contributed by atoms with Crippen LogP contribution in [0.15, 0.2) is 71.9 Å². The second kappa shape index (κ2) is 10.2. The van der Waals surface area contributed by atoms with Crippen molar-refractivity contribution >= 4 is 56.2 Å². The lowest BCUT2D eigenvalue weighted by molar-refractivity contribution is -0.0429. The van der Waals surface area contributed by atoms with Crippen LogP contribution in [-0.2, 0) is 21.5 Å². The molecule has 0 aromatic heterocycles. The number of alkyl halides is 3. The molecule has 3 aromatic carbocycles. The first kappa shape index (κ1) is 25.2. The number of rotatable bonds is 7. The number of benzene rings is 3. The third-order valence-corrected chi connectivity index (χ3v) is 6.30. The molecule has 0 unspecified atom stereocenters. The third-order valence-electron chi connectivity index (χ3n) is 4.26. The van der Waals surface area contributed by atoms with E-state index in [1.165, 1.54) is 12.1 Å². The van der Waals surface area contributed by atoms with Crippen molar-refractivity contribution in [1.82, 2.24) is 0 Å². The molecule has 0 spiro atoms. The Balaban J connectivity index is 2.07. The molecule has 0 aliphatic rings. The predicted molar refractivity (Wildman–Crippen MR) is 123 cm³/mol. The predicted octanol–water partition coefficient (Wildman–Crippen LogP) is 6.88. The number of hydrogen-bond acceptors (Lipinski definition) is 4. The zero-order chi connectivity index (χ0) is 24.2. The number of oxime groups is 1. The Bertz CT molecular complexity index is 1260. The quantitative estimate of drug-likeness (QED) is 0.264. The minimum atomic E-state index is -5.70. The molecule has 0 heterocycles. The fraction of sp³-hybridized carbons (Fsp3) is 0.0952. The first-order valence-electron chi connectivity index (χ1n) is 9.07. The summed E-state index contributed by atoms with van der Waals surface area (Å²) < 4.78 is 63.9. The first-order valence-corrected chi connectivity index (χ1v) is 11.7. The number of hydrogen-bond donors (Lipinski definition) is 1. The highest BCUT2D eigenvalue weighted by Gasteiger charge is 2.46. The SMILES string of the molecule is O=S(=O)(Nc1ccc(Cl)cc1/C(=N/OCc1c(Cl)cccc1Cl)c1ccccc1)C(F)(F)F. The molecule has 0 fully saturated rings. The minimum Gasteiger partial charge on any atom is -0.390 e. The summed E-state index contributed by atoms with van der Waals surface area (Å²) in [4.78, 5) is 5.42. The third kappa shape index (κ3) is 6.11. The number of halogens is 6. The van der Waals surface area contributed by atoms with E-state index in [0.29, 0.717) is 21.2 Å². The Morgan fingerprint density at radius 1 is 0.939 bits per heavy atom. The Hall–Kier alpha value is -2.46. The van der Waals surface area contributed by atoms with Gasteiger partial charge in [0.1, 0.15) is 12.3 Å². The second-order valence-electron chi connectivity index (χ2n) is 6.52. The van der Waals surface area contributed by atoms with Gasteiger partial charge in [-0.15, -0.1) is 0 Å². The van der Waals surface area contributed by atoms with Crippen LogP contribution in [-0.4, -0.2) is 19.6 Å². The fourth-order valence-electron chi connectivity index (χ4n) is 2.69. The lowest BCUT2D eigenvalue weighted by Gasteiger charge is -2.16. The molecular weight excluding hydrogens is 524 g/mol. The molecule has 0 aliphatic carbocycles. The fourth-order valence-corrected chi connectivity index (χ4v) is 3.95. The van der Waals surface area contributed by atoms with Gasteiger partial charge in [-0.2, -0.15) is 21.6 Å². The molecule has 0 atom stereocenters. The maximum absolute atomic E-state index is 13.0. The van der Waals surface area contributed by atoms with E-state index in [9.17, 15) is 21.6 Å². The standard InChI is InChI=1S/C21H14Cl3F3N2O3S/c22-14-9-10-19(29-33(30,31)21(25,26)27)15(11-14)20(13-5-2-1-3-6-13)28-32-12-16-17(23)7-4-8-18(16)24/h1-11,29H,12H2/b28-20+. The average molecular weight is 538 g/mol. The van der Waals surface area contributed by atoms with Crippen molar-refractivity contribution in [2.24, 2.45) is 5.16 Å². The molecule has 0 saturated carbocycles. The molecule has 3 aromatic rings. The Kier molecular flexibility index (Phi) is 7.79. The summed E-state index contributed by atoms with van der Waals surface area (Å²) in [7, 11) is -5.70. The summed E-state index contributed by atoms with van der Waals surface area (Å²) in [6, 6.07) is 16.8. The molecule has 0 amide bonds. The highest BCUT2D eigenvalue weighted by Crippen LogP contribution is 2.30. The van der Waals surface area contributed by atoms with Gasteiger partial charge in [0.15, 0.2) is 0 Å². The van der Waals surface area contributed by atoms with Gasteiger partial charge in [-0.3, -0.25) is 4.72 Å². The number of anilines is 1. The molecule has 12 heteroatoms. The molecule has 0 saturated heterocycles. The van der Waals surface area contributed by atoms with Gasteiger partial charge in [0.25, 0.3) is 0 Å². The van der Waals surface area contributed by atoms with Crippen LogP contribution in [0.25, 0.3) is 0 Å². The van der Waals surface area contributed by atoms with E-state index in [4.69, 9.17) is 39.6 Å². The lowest BCUT2D eigenvalue weighted by Crippen LogP contribution is -2.30. The van der Waals surface area contributed by atoms with Crippen LogP contribution in [0.3, 0.4) is 0 Å². The van der Waals surface area contributed by atoms with E-state index < -0.39 is 21.2 Å². The maximum Gasteiger partial charge on any atom is 0.516 e. The molecule has 0 radical (unpaired) electrons. The van der Waals surface area contributed by atoms with Gasteiger partial charge in [0.05, 0.1) is 5.69 Å². The van der Waals surface area contributed by atoms with Gasteiger partial charge >= 0.3 is 15.5 Å². The lowest BCUT2D eigenvalue weighted by atomic mass is 10.0. The van der Waals surface area contributed by atoms with Crippen molar-refractivity contribution in [2.75, 3.05) is 4.72 Å². The highest BCUT2D eigenvalue weighted by atomic mass is 35.5. The largest absolute Gasteiger partial charge is 0.516 e. The van der Waals surface area contributed by atoms with Crippen LogP contribution in [0, 0.1) is 0 Å².